The zero-order chi connectivity index (χ0) is 13.4. The highest BCUT2D eigenvalue weighted by molar-refractivity contribution is 5.78. The Balaban J connectivity index is 1.95. The van der Waals surface area contributed by atoms with Crippen molar-refractivity contribution in [2.45, 2.75) is 38.0 Å². The molecule has 1 fully saturated rings. The minimum Gasteiger partial charge on any atom is -0.456 e. The second kappa shape index (κ2) is 4.94. The summed E-state index contributed by atoms with van der Waals surface area (Å²) in [5.41, 5.74) is 0.323. The monoisotopic (exact) mass is 263 g/mol. The first-order chi connectivity index (χ1) is 9.19. The number of hydrogen-bond donors (Lipinski definition) is 1. The number of benzene rings is 1. The van der Waals surface area contributed by atoms with Crippen LogP contribution in [0.5, 0.6) is 0 Å². The molecule has 3 unspecified atom stereocenters. The van der Waals surface area contributed by atoms with Gasteiger partial charge in [0.2, 0.25) is 0 Å². The number of furan rings is 1. The molecule has 3 atom stereocenters. The fraction of sp³-hybridized carbons (Fsp3) is 0.467. The molecule has 0 amide bonds. The first kappa shape index (κ1) is 12.6. The largest absolute Gasteiger partial charge is 0.456 e. The first-order valence-electron chi connectivity index (χ1n) is 6.69. The van der Waals surface area contributed by atoms with E-state index in [9.17, 15) is 4.39 Å². The van der Waals surface area contributed by atoms with E-state index in [0.29, 0.717) is 5.58 Å². The van der Waals surface area contributed by atoms with Crippen LogP contribution >= 0.6 is 0 Å². The average Bonchev–Trinajstić information content (AvgIpc) is 2.98. The number of nitrogens with one attached hydrogen (secondary N) is 1. The molecule has 19 heavy (non-hydrogen) atoms. The molecule has 0 saturated carbocycles. The molecule has 2 aromatic rings. The van der Waals surface area contributed by atoms with E-state index in [-0.39, 0.29) is 24.1 Å². The van der Waals surface area contributed by atoms with Crippen molar-refractivity contribution < 1.29 is 13.5 Å². The van der Waals surface area contributed by atoms with Crippen molar-refractivity contribution in [2.75, 3.05) is 7.05 Å². The summed E-state index contributed by atoms with van der Waals surface area (Å²) in [6, 6.07) is 6.83. The van der Waals surface area contributed by atoms with Crippen molar-refractivity contribution in [3.63, 3.8) is 0 Å². The molecule has 1 aliphatic heterocycles. The van der Waals surface area contributed by atoms with E-state index in [4.69, 9.17) is 9.15 Å². The van der Waals surface area contributed by atoms with Gasteiger partial charge in [-0.3, -0.25) is 0 Å². The van der Waals surface area contributed by atoms with E-state index in [2.05, 4.69) is 12.2 Å². The van der Waals surface area contributed by atoms with Crippen molar-refractivity contribution in [1.29, 1.82) is 0 Å². The summed E-state index contributed by atoms with van der Waals surface area (Å²) in [5, 5.41) is 4.01. The van der Waals surface area contributed by atoms with Gasteiger partial charge in [0.1, 0.15) is 5.76 Å². The standard InChI is InChI=1S/C15H18FNO2/c1-9-6-7-12(18-9)14(17-2)13-8-10-4-3-5-11(16)15(10)19-13/h3-5,8-9,12,14,17H,6-7H2,1-2H3. The van der Waals surface area contributed by atoms with Gasteiger partial charge in [0.05, 0.1) is 18.2 Å². The molecule has 1 aliphatic rings. The van der Waals surface area contributed by atoms with Crippen LogP contribution < -0.4 is 5.32 Å². The Kier molecular flexibility index (Phi) is 3.29. The summed E-state index contributed by atoms with van der Waals surface area (Å²) in [6.45, 7) is 2.07. The number of fused-ring (bicyclic) bond motifs is 1. The SMILES string of the molecule is CNC(c1cc2cccc(F)c2o1)C1CCC(C)O1. The summed E-state index contributed by atoms with van der Waals surface area (Å²) < 4.78 is 25.2. The van der Waals surface area contributed by atoms with Gasteiger partial charge in [0.25, 0.3) is 0 Å². The minimum absolute atomic E-state index is 0.0308. The Bertz CT molecular complexity index is 581. The third kappa shape index (κ3) is 2.26. The molecule has 1 N–H and O–H groups in total. The second-order valence-corrected chi connectivity index (χ2v) is 5.14. The molecule has 1 saturated heterocycles. The third-order valence-corrected chi connectivity index (χ3v) is 3.77. The maximum atomic E-state index is 13.7. The number of para-hydroxylation sites is 1. The van der Waals surface area contributed by atoms with Crippen LogP contribution in [-0.2, 0) is 4.74 Å². The molecule has 0 radical (unpaired) electrons. The van der Waals surface area contributed by atoms with Crippen molar-refractivity contribution in [3.05, 3.63) is 35.8 Å². The predicted octanol–water partition coefficient (Wildman–Crippen LogP) is 3.40. The molecule has 3 rings (SSSR count). The Morgan fingerprint density at radius 3 is 2.84 bits per heavy atom. The molecular weight excluding hydrogens is 245 g/mol. The van der Waals surface area contributed by atoms with Crippen molar-refractivity contribution in [2.24, 2.45) is 0 Å². The maximum Gasteiger partial charge on any atom is 0.169 e. The summed E-state index contributed by atoms with van der Waals surface area (Å²) in [4.78, 5) is 0. The molecule has 2 heterocycles. The van der Waals surface area contributed by atoms with Gasteiger partial charge >= 0.3 is 0 Å². The normalized spacial score (nSPS) is 25.0. The molecule has 4 heteroatoms. The molecule has 0 aliphatic carbocycles. The van der Waals surface area contributed by atoms with E-state index in [1.165, 1.54) is 6.07 Å². The van der Waals surface area contributed by atoms with Gasteiger partial charge in [-0.15, -0.1) is 0 Å². The first-order valence-corrected chi connectivity index (χ1v) is 6.69. The highest BCUT2D eigenvalue weighted by Crippen LogP contribution is 2.33. The highest BCUT2D eigenvalue weighted by Gasteiger charge is 2.32. The lowest BCUT2D eigenvalue weighted by atomic mass is 10.0. The van der Waals surface area contributed by atoms with Gasteiger partial charge < -0.3 is 14.5 Å². The van der Waals surface area contributed by atoms with Crippen LogP contribution in [0.1, 0.15) is 31.6 Å². The number of hydrogen-bond acceptors (Lipinski definition) is 3. The van der Waals surface area contributed by atoms with Crippen LogP contribution in [-0.4, -0.2) is 19.3 Å². The molecule has 1 aromatic heterocycles. The molecule has 0 bridgehead atoms. The Morgan fingerprint density at radius 2 is 2.21 bits per heavy atom. The Morgan fingerprint density at radius 1 is 1.37 bits per heavy atom. The van der Waals surface area contributed by atoms with Crippen molar-refractivity contribution >= 4 is 11.0 Å². The number of likely N-dealkylation sites (N-methyl/N-ethyl adjacent to an activating group) is 1. The smallest absolute Gasteiger partial charge is 0.169 e. The summed E-state index contributed by atoms with van der Waals surface area (Å²) >= 11 is 0. The van der Waals surface area contributed by atoms with Gasteiger partial charge in [0.15, 0.2) is 11.4 Å². The van der Waals surface area contributed by atoms with Crippen LogP contribution in [0.4, 0.5) is 4.39 Å². The summed E-state index contributed by atoms with van der Waals surface area (Å²) in [6.07, 6.45) is 2.41. The summed E-state index contributed by atoms with van der Waals surface area (Å²) in [5.74, 6) is 0.418. The Hall–Kier alpha value is -1.39. The molecule has 0 spiro atoms. The van der Waals surface area contributed by atoms with Gasteiger partial charge in [-0.25, -0.2) is 4.39 Å². The number of halogens is 1. The van der Waals surface area contributed by atoms with Crippen LogP contribution in [0.2, 0.25) is 0 Å². The molecule has 3 nitrogen and oxygen atoms in total. The zero-order valence-corrected chi connectivity index (χ0v) is 11.2. The van der Waals surface area contributed by atoms with Crippen LogP contribution in [0, 0.1) is 5.82 Å². The van der Waals surface area contributed by atoms with Gasteiger partial charge in [0, 0.05) is 5.39 Å². The lowest BCUT2D eigenvalue weighted by Crippen LogP contribution is -2.29. The minimum atomic E-state index is -0.320. The van der Waals surface area contributed by atoms with Crippen LogP contribution in [0.25, 0.3) is 11.0 Å². The van der Waals surface area contributed by atoms with E-state index in [1.54, 1.807) is 6.07 Å². The number of rotatable bonds is 3. The van der Waals surface area contributed by atoms with Gasteiger partial charge in [-0.1, -0.05) is 12.1 Å². The second-order valence-electron chi connectivity index (χ2n) is 5.14. The molecule has 102 valence electrons. The zero-order valence-electron chi connectivity index (χ0n) is 11.2. The maximum absolute atomic E-state index is 13.7. The fourth-order valence-corrected chi connectivity index (χ4v) is 2.79. The van der Waals surface area contributed by atoms with Crippen LogP contribution in [0.15, 0.2) is 28.7 Å². The van der Waals surface area contributed by atoms with E-state index in [1.807, 2.05) is 19.2 Å². The quantitative estimate of drug-likeness (QED) is 0.921. The lowest BCUT2D eigenvalue weighted by Gasteiger charge is -2.20. The molecule has 1 aromatic carbocycles. The van der Waals surface area contributed by atoms with Crippen molar-refractivity contribution in [3.8, 4) is 0 Å². The third-order valence-electron chi connectivity index (χ3n) is 3.77. The van der Waals surface area contributed by atoms with E-state index < -0.39 is 0 Å². The lowest BCUT2D eigenvalue weighted by molar-refractivity contribution is 0.0289. The van der Waals surface area contributed by atoms with Gasteiger partial charge in [-0.2, -0.15) is 0 Å². The van der Waals surface area contributed by atoms with E-state index >= 15 is 0 Å². The predicted molar refractivity (Wildman–Crippen MR) is 71.5 cm³/mol. The Labute approximate surface area is 111 Å². The van der Waals surface area contributed by atoms with Crippen LogP contribution in [0.3, 0.4) is 0 Å². The summed E-state index contributed by atoms with van der Waals surface area (Å²) in [7, 11) is 1.88. The number of ether oxygens (including phenoxy) is 1. The fourth-order valence-electron chi connectivity index (χ4n) is 2.79. The van der Waals surface area contributed by atoms with E-state index in [0.717, 1.165) is 24.0 Å². The van der Waals surface area contributed by atoms with Crippen molar-refractivity contribution in [1.82, 2.24) is 5.32 Å². The van der Waals surface area contributed by atoms with Gasteiger partial charge in [-0.05, 0) is 38.9 Å². The highest BCUT2D eigenvalue weighted by atomic mass is 19.1. The average molecular weight is 263 g/mol. The molecular formula is C15H18FNO2. The topological polar surface area (TPSA) is 34.4 Å².